The molecule has 1 aromatic heterocycles. The van der Waals surface area contributed by atoms with Crippen LogP contribution in [0.2, 0.25) is 0 Å². The average Bonchev–Trinajstić information content (AvgIpc) is 3.15. The molecule has 2 heterocycles. The van der Waals surface area contributed by atoms with E-state index < -0.39 is 23.9 Å². The van der Waals surface area contributed by atoms with Crippen molar-refractivity contribution in [3.8, 4) is 0 Å². The molecule has 1 aliphatic rings. The van der Waals surface area contributed by atoms with Gasteiger partial charge >= 0.3 is 12.0 Å². The summed E-state index contributed by atoms with van der Waals surface area (Å²) in [4.78, 5) is 39.0. The molecule has 0 radical (unpaired) electrons. The third-order valence-electron chi connectivity index (χ3n) is 4.66. The molecule has 0 saturated heterocycles. The molecule has 3 amide bonds. The summed E-state index contributed by atoms with van der Waals surface area (Å²) in [6, 6.07) is 7.49. The minimum Gasteiger partial charge on any atom is -0.464 e. The molecule has 1 aliphatic heterocycles. The number of nitrogens with zero attached hydrogens (tertiary/aromatic N) is 1. The Hall–Kier alpha value is -3.66. The zero-order valence-electron chi connectivity index (χ0n) is 18.0. The number of likely N-dealkylation sites (N-methyl/N-ethyl adjacent to an activating group) is 1. The van der Waals surface area contributed by atoms with Crippen molar-refractivity contribution in [2.24, 2.45) is 0 Å². The maximum atomic E-state index is 13.0. The largest absolute Gasteiger partial charge is 0.464 e. The summed E-state index contributed by atoms with van der Waals surface area (Å²) in [5, 5.41) is 8.00. The van der Waals surface area contributed by atoms with Gasteiger partial charge in [-0.1, -0.05) is 0 Å². The SMILES string of the molecule is CCOC(=O)C1=C(CN(C)CC(=O)Nc2ccc(F)cc2)NC(=O)N[C@@H]1c1ccc(C)o1. The van der Waals surface area contributed by atoms with Crippen LogP contribution in [0.4, 0.5) is 14.9 Å². The lowest BCUT2D eigenvalue weighted by Crippen LogP contribution is -2.48. The molecule has 0 fully saturated rings. The highest BCUT2D eigenvalue weighted by molar-refractivity contribution is 5.95. The van der Waals surface area contributed by atoms with Crippen molar-refractivity contribution >= 4 is 23.6 Å². The number of furan rings is 1. The first-order valence-corrected chi connectivity index (χ1v) is 10.0. The molecular weight excluding hydrogens is 419 g/mol. The topological polar surface area (TPSA) is 113 Å². The number of esters is 1. The van der Waals surface area contributed by atoms with E-state index in [0.29, 0.717) is 22.9 Å². The predicted molar refractivity (Wildman–Crippen MR) is 114 cm³/mol. The van der Waals surface area contributed by atoms with Crippen LogP contribution >= 0.6 is 0 Å². The first-order chi connectivity index (χ1) is 15.3. The molecule has 9 nitrogen and oxygen atoms in total. The lowest BCUT2D eigenvalue weighted by atomic mass is 10.00. The first kappa shape index (κ1) is 23.0. The van der Waals surface area contributed by atoms with Gasteiger partial charge in [-0.15, -0.1) is 0 Å². The van der Waals surface area contributed by atoms with Gasteiger partial charge < -0.3 is 25.1 Å². The smallest absolute Gasteiger partial charge is 0.338 e. The summed E-state index contributed by atoms with van der Waals surface area (Å²) in [5.41, 5.74) is 0.967. The highest BCUT2D eigenvalue weighted by Crippen LogP contribution is 2.29. The Labute approximate surface area is 184 Å². The molecule has 1 atom stereocenters. The number of aryl methyl sites for hydroxylation is 1. The molecule has 10 heteroatoms. The average molecular weight is 444 g/mol. The Morgan fingerprint density at radius 3 is 2.56 bits per heavy atom. The summed E-state index contributed by atoms with van der Waals surface area (Å²) < 4.78 is 23.9. The van der Waals surface area contributed by atoms with E-state index in [4.69, 9.17) is 9.15 Å². The van der Waals surface area contributed by atoms with Crippen LogP contribution in [0.15, 0.2) is 52.1 Å². The van der Waals surface area contributed by atoms with E-state index in [-0.39, 0.29) is 31.2 Å². The number of benzene rings is 1. The van der Waals surface area contributed by atoms with Crippen LogP contribution in [0.3, 0.4) is 0 Å². The molecule has 0 saturated carbocycles. The summed E-state index contributed by atoms with van der Waals surface area (Å²) in [5.74, 6) is -0.308. The van der Waals surface area contributed by atoms with Gasteiger partial charge in [0.15, 0.2) is 0 Å². The van der Waals surface area contributed by atoms with Gasteiger partial charge in [0.25, 0.3) is 0 Å². The zero-order valence-corrected chi connectivity index (χ0v) is 18.0. The maximum absolute atomic E-state index is 13.0. The molecule has 0 spiro atoms. The lowest BCUT2D eigenvalue weighted by molar-refractivity contribution is -0.139. The molecule has 170 valence electrons. The zero-order chi connectivity index (χ0) is 23.3. The predicted octanol–water partition coefficient (Wildman–Crippen LogP) is 2.47. The van der Waals surface area contributed by atoms with Crippen LogP contribution in [-0.4, -0.2) is 49.6 Å². The molecule has 3 rings (SSSR count). The Morgan fingerprint density at radius 2 is 1.94 bits per heavy atom. The second-order valence-electron chi connectivity index (χ2n) is 7.32. The van der Waals surface area contributed by atoms with E-state index >= 15 is 0 Å². The fraction of sp³-hybridized carbons (Fsp3) is 0.318. The fourth-order valence-electron chi connectivity index (χ4n) is 3.32. The van der Waals surface area contributed by atoms with Crippen LogP contribution in [0.5, 0.6) is 0 Å². The van der Waals surface area contributed by atoms with Crippen molar-refractivity contribution in [1.29, 1.82) is 0 Å². The summed E-state index contributed by atoms with van der Waals surface area (Å²) in [7, 11) is 1.67. The second kappa shape index (κ2) is 10.1. The van der Waals surface area contributed by atoms with Gasteiger partial charge in [0.2, 0.25) is 5.91 Å². The van der Waals surface area contributed by atoms with Gasteiger partial charge in [-0.2, -0.15) is 0 Å². The highest BCUT2D eigenvalue weighted by Gasteiger charge is 2.35. The van der Waals surface area contributed by atoms with Crippen LogP contribution in [0, 0.1) is 12.7 Å². The number of urea groups is 1. The third kappa shape index (κ3) is 5.73. The number of carbonyl (C=O) groups is 3. The monoisotopic (exact) mass is 444 g/mol. The van der Waals surface area contributed by atoms with Crippen molar-refractivity contribution in [2.45, 2.75) is 19.9 Å². The number of anilines is 1. The fourth-order valence-corrected chi connectivity index (χ4v) is 3.32. The van der Waals surface area contributed by atoms with Gasteiger partial charge in [-0.05, 0) is 57.3 Å². The number of amides is 3. The highest BCUT2D eigenvalue weighted by atomic mass is 19.1. The van der Waals surface area contributed by atoms with Gasteiger partial charge in [0.1, 0.15) is 23.4 Å². The summed E-state index contributed by atoms with van der Waals surface area (Å²) in [6.07, 6.45) is 0. The number of carbonyl (C=O) groups excluding carboxylic acids is 3. The minimum atomic E-state index is -0.826. The van der Waals surface area contributed by atoms with E-state index in [1.807, 2.05) is 0 Å². The summed E-state index contributed by atoms with van der Waals surface area (Å²) in [6.45, 7) is 3.66. The molecule has 0 aliphatic carbocycles. The van der Waals surface area contributed by atoms with Gasteiger partial charge in [0, 0.05) is 17.9 Å². The van der Waals surface area contributed by atoms with Crippen molar-refractivity contribution in [3.63, 3.8) is 0 Å². The van der Waals surface area contributed by atoms with E-state index in [2.05, 4.69) is 16.0 Å². The van der Waals surface area contributed by atoms with E-state index in [1.165, 1.54) is 24.3 Å². The number of halogens is 1. The van der Waals surface area contributed by atoms with Crippen molar-refractivity contribution in [3.05, 3.63) is 65.0 Å². The third-order valence-corrected chi connectivity index (χ3v) is 4.66. The quantitative estimate of drug-likeness (QED) is 0.539. The Morgan fingerprint density at radius 1 is 1.22 bits per heavy atom. The molecule has 32 heavy (non-hydrogen) atoms. The summed E-state index contributed by atoms with van der Waals surface area (Å²) >= 11 is 0. The van der Waals surface area contributed by atoms with Crippen LogP contribution in [-0.2, 0) is 14.3 Å². The first-order valence-electron chi connectivity index (χ1n) is 10.0. The molecule has 3 N–H and O–H groups in total. The molecule has 0 bridgehead atoms. The van der Waals surface area contributed by atoms with Gasteiger partial charge in [-0.3, -0.25) is 9.69 Å². The molecule has 0 unspecified atom stereocenters. The van der Waals surface area contributed by atoms with Crippen LogP contribution < -0.4 is 16.0 Å². The lowest BCUT2D eigenvalue weighted by Gasteiger charge is -2.29. The minimum absolute atomic E-state index is 0.0369. The maximum Gasteiger partial charge on any atom is 0.338 e. The standard InChI is InChI=1S/C22H25FN4O5/c1-4-31-21(29)19-16(25-22(30)26-20(19)17-10-5-13(2)32-17)11-27(3)12-18(28)24-15-8-6-14(23)7-9-15/h5-10,20H,4,11-12H2,1-3H3,(H,24,28)(H2,25,26,30)/t20-/m1/s1. The van der Waals surface area contributed by atoms with Gasteiger partial charge in [-0.25, -0.2) is 14.0 Å². The van der Waals surface area contributed by atoms with E-state index in [0.717, 1.165) is 0 Å². The number of rotatable bonds is 8. The molecule has 1 aromatic carbocycles. The Balaban J connectivity index is 1.79. The van der Waals surface area contributed by atoms with Crippen molar-refractivity contribution < 1.29 is 27.9 Å². The van der Waals surface area contributed by atoms with Crippen molar-refractivity contribution in [2.75, 3.05) is 32.1 Å². The molecule has 2 aromatic rings. The normalized spacial score (nSPS) is 15.9. The van der Waals surface area contributed by atoms with E-state index in [9.17, 15) is 18.8 Å². The van der Waals surface area contributed by atoms with Crippen molar-refractivity contribution in [1.82, 2.24) is 15.5 Å². The Kier molecular flexibility index (Phi) is 7.26. The van der Waals surface area contributed by atoms with E-state index in [1.54, 1.807) is 37.9 Å². The van der Waals surface area contributed by atoms with Crippen LogP contribution in [0.1, 0.15) is 24.5 Å². The molecular formula is C22H25FN4O5. The van der Waals surface area contributed by atoms with Crippen LogP contribution in [0.25, 0.3) is 0 Å². The number of ether oxygens (including phenoxy) is 1. The number of hydrogen-bond donors (Lipinski definition) is 3. The van der Waals surface area contributed by atoms with Gasteiger partial charge in [0.05, 0.1) is 18.7 Å². The second-order valence-corrected chi connectivity index (χ2v) is 7.32. The number of nitrogens with one attached hydrogen (secondary N) is 3. The Bertz CT molecular complexity index is 1030. The number of hydrogen-bond acceptors (Lipinski definition) is 6.